The first kappa shape index (κ1) is 14.3. The quantitative estimate of drug-likeness (QED) is 0.486. The molecule has 1 aromatic heterocycles. The molecule has 6 nitrogen and oxygen atoms in total. The second kappa shape index (κ2) is 6.36. The van der Waals surface area contributed by atoms with E-state index in [9.17, 15) is 4.79 Å². The lowest BCUT2D eigenvalue weighted by molar-refractivity contribution is -0.146. The Morgan fingerprint density at radius 1 is 1.75 bits per heavy atom. The summed E-state index contributed by atoms with van der Waals surface area (Å²) in [5.74, 6) is -0.360. The molecule has 20 heavy (non-hydrogen) atoms. The van der Waals surface area contributed by atoms with Gasteiger partial charge < -0.3 is 9.30 Å². The fourth-order valence-electron chi connectivity index (χ4n) is 2.21. The van der Waals surface area contributed by atoms with Crippen molar-refractivity contribution in [3.05, 3.63) is 30.4 Å². The van der Waals surface area contributed by atoms with Crippen LogP contribution in [0.2, 0.25) is 0 Å². The maximum atomic E-state index is 12.1. The highest BCUT2D eigenvalue weighted by atomic mass is 16.5. The molecule has 2 heterocycles. The van der Waals surface area contributed by atoms with Crippen LogP contribution in [0.15, 0.2) is 24.1 Å². The number of carbonyl (C=O) groups is 1. The van der Waals surface area contributed by atoms with Gasteiger partial charge in [0.05, 0.1) is 24.3 Å². The Kier molecular flexibility index (Phi) is 4.55. The van der Waals surface area contributed by atoms with Crippen molar-refractivity contribution in [2.45, 2.75) is 39.3 Å². The van der Waals surface area contributed by atoms with Crippen LogP contribution >= 0.6 is 0 Å². The molecule has 1 aliphatic heterocycles. The highest BCUT2D eigenvalue weighted by Crippen LogP contribution is 2.24. The summed E-state index contributed by atoms with van der Waals surface area (Å²) in [5, 5.41) is 4.13. The molecule has 1 atom stereocenters. The Morgan fingerprint density at radius 2 is 2.55 bits per heavy atom. The number of aromatic nitrogens is 2. The Balaban J connectivity index is 2.25. The zero-order valence-electron chi connectivity index (χ0n) is 11.9. The number of ether oxygens (including phenoxy) is 1. The predicted molar refractivity (Wildman–Crippen MR) is 76.4 cm³/mol. The molecule has 1 aliphatic rings. The second-order valence-electron chi connectivity index (χ2n) is 4.64. The molecule has 0 saturated carbocycles. The largest absolute Gasteiger partial charge is 0.464 e. The number of esters is 1. The summed E-state index contributed by atoms with van der Waals surface area (Å²) < 4.78 is 7.18. The number of hydrogen-bond acceptors (Lipinski definition) is 5. The lowest BCUT2D eigenvalue weighted by Crippen LogP contribution is -2.28. The van der Waals surface area contributed by atoms with Crippen molar-refractivity contribution >= 4 is 11.7 Å². The van der Waals surface area contributed by atoms with E-state index in [0.717, 1.165) is 25.1 Å². The summed E-state index contributed by atoms with van der Waals surface area (Å²) in [7, 11) is 0. The van der Waals surface area contributed by atoms with Gasteiger partial charge in [-0.1, -0.05) is 6.58 Å². The van der Waals surface area contributed by atoms with E-state index in [1.165, 1.54) is 0 Å². The van der Waals surface area contributed by atoms with Gasteiger partial charge in [-0.15, -0.1) is 0 Å². The molecule has 0 aromatic carbocycles. The van der Waals surface area contributed by atoms with Crippen LogP contribution in [0.4, 0.5) is 0 Å². The van der Waals surface area contributed by atoms with Crippen LogP contribution in [-0.4, -0.2) is 27.8 Å². The zero-order valence-corrected chi connectivity index (χ0v) is 11.9. The number of aryl methyl sites for hydroxylation is 1. The molecule has 1 unspecified atom stereocenters. The summed E-state index contributed by atoms with van der Waals surface area (Å²) in [4.78, 5) is 16.5. The smallest absolute Gasteiger partial charge is 0.336 e. The van der Waals surface area contributed by atoms with Gasteiger partial charge in [0.25, 0.3) is 0 Å². The third-order valence-corrected chi connectivity index (χ3v) is 3.25. The molecule has 108 valence electrons. The van der Waals surface area contributed by atoms with Gasteiger partial charge in [-0.3, -0.25) is 5.43 Å². The van der Waals surface area contributed by atoms with E-state index in [4.69, 9.17) is 4.74 Å². The third-order valence-electron chi connectivity index (χ3n) is 3.25. The lowest BCUT2D eigenvalue weighted by atomic mass is 10.1. The summed E-state index contributed by atoms with van der Waals surface area (Å²) in [6.45, 7) is 8.50. The molecule has 6 heteroatoms. The predicted octanol–water partition coefficient (Wildman–Crippen LogP) is 1.58. The standard InChI is InChI=1S/C14H20N4O2/c1-4-10(3)16-17-13(14(19)20-5-2)12-11-7-6-8-18(11)9-15-12/h4,9,13,17H,1,5-8H2,2-3H3/b16-10+. The first-order chi connectivity index (χ1) is 9.67. The van der Waals surface area contributed by atoms with Crippen LogP contribution in [0, 0.1) is 0 Å². The summed E-state index contributed by atoms with van der Waals surface area (Å²) >= 11 is 0. The van der Waals surface area contributed by atoms with Crippen LogP contribution in [0.3, 0.4) is 0 Å². The topological polar surface area (TPSA) is 68.5 Å². The fraction of sp³-hybridized carbons (Fsp3) is 0.500. The number of fused-ring (bicyclic) bond motifs is 1. The van der Waals surface area contributed by atoms with Gasteiger partial charge in [0.15, 0.2) is 6.04 Å². The fourth-order valence-corrected chi connectivity index (χ4v) is 2.21. The van der Waals surface area contributed by atoms with Crippen molar-refractivity contribution in [3.8, 4) is 0 Å². The molecule has 1 N–H and O–H groups in total. The SMILES string of the molecule is C=C/C(C)=N/NC(C(=O)OCC)c1ncn2c1CCC2. The number of hydrazone groups is 1. The summed E-state index contributed by atoms with van der Waals surface area (Å²) in [6, 6.07) is -0.667. The third kappa shape index (κ3) is 2.89. The molecule has 0 radical (unpaired) electrons. The number of nitrogens with zero attached hydrogens (tertiary/aromatic N) is 3. The van der Waals surface area contributed by atoms with Crippen molar-refractivity contribution in [2.75, 3.05) is 6.61 Å². The van der Waals surface area contributed by atoms with E-state index >= 15 is 0 Å². The van der Waals surface area contributed by atoms with E-state index in [-0.39, 0.29) is 5.97 Å². The minimum Gasteiger partial charge on any atom is -0.464 e. The maximum absolute atomic E-state index is 12.1. The maximum Gasteiger partial charge on any atom is 0.336 e. The van der Waals surface area contributed by atoms with Gasteiger partial charge in [0.1, 0.15) is 0 Å². The molecule has 2 rings (SSSR count). The molecular formula is C14H20N4O2. The molecule has 0 spiro atoms. The monoisotopic (exact) mass is 276 g/mol. The van der Waals surface area contributed by atoms with Gasteiger partial charge in [-0.05, 0) is 32.8 Å². The summed E-state index contributed by atoms with van der Waals surface area (Å²) in [5.41, 5.74) is 5.35. The number of carbonyl (C=O) groups excluding carboxylic acids is 1. The number of imidazole rings is 1. The molecule has 0 saturated heterocycles. The van der Waals surface area contributed by atoms with E-state index in [1.807, 2.05) is 0 Å². The van der Waals surface area contributed by atoms with Gasteiger partial charge in [-0.25, -0.2) is 9.78 Å². The normalized spacial score (nSPS) is 15.6. The van der Waals surface area contributed by atoms with Gasteiger partial charge >= 0.3 is 5.97 Å². The first-order valence-corrected chi connectivity index (χ1v) is 6.80. The molecule has 0 amide bonds. The average molecular weight is 276 g/mol. The zero-order chi connectivity index (χ0) is 14.5. The van der Waals surface area contributed by atoms with Crippen LogP contribution in [0.5, 0.6) is 0 Å². The van der Waals surface area contributed by atoms with E-state index in [1.54, 1.807) is 26.3 Å². The Hall–Kier alpha value is -2.11. The van der Waals surface area contributed by atoms with Crippen molar-refractivity contribution in [1.82, 2.24) is 15.0 Å². The minimum absolute atomic E-state index is 0.331. The van der Waals surface area contributed by atoms with E-state index < -0.39 is 6.04 Å². The summed E-state index contributed by atoms with van der Waals surface area (Å²) in [6.07, 6.45) is 5.40. The van der Waals surface area contributed by atoms with Crippen molar-refractivity contribution in [2.24, 2.45) is 5.10 Å². The molecule has 0 aliphatic carbocycles. The number of hydrogen-bond donors (Lipinski definition) is 1. The van der Waals surface area contributed by atoms with Crippen LogP contribution in [0.1, 0.15) is 37.7 Å². The van der Waals surface area contributed by atoms with E-state index in [2.05, 4.69) is 26.7 Å². The molecule has 0 fully saturated rings. The van der Waals surface area contributed by atoms with E-state index in [0.29, 0.717) is 18.0 Å². The number of nitrogens with one attached hydrogen (secondary N) is 1. The lowest BCUT2D eigenvalue weighted by Gasteiger charge is -2.15. The van der Waals surface area contributed by atoms with Gasteiger partial charge in [0, 0.05) is 12.2 Å². The minimum atomic E-state index is -0.667. The average Bonchev–Trinajstić information content (AvgIpc) is 3.03. The highest BCUT2D eigenvalue weighted by molar-refractivity contribution is 5.92. The molecule has 1 aromatic rings. The second-order valence-corrected chi connectivity index (χ2v) is 4.64. The van der Waals surface area contributed by atoms with Crippen LogP contribution in [0.25, 0.3) is 0 Å². The Bertz CT molecular complexity index is 533. The number of allylic oxidation sites excluding steroid dienone is 1. The molecular weight excluding hydrogens is 256 g/mol. The van der Waals surface area contributed by atoms with Crippen molar-refractivity contribution < 1.29 is 9.53 Å². The number of rotatable bonds is 6. The Morgan fingerprint density at radius 3 is 3.25 bits per heavy atom. The Labute approximate surface area is 118 Å². The van der Waals surface area contributed by atoms with Crippen molar-refractivity contribution in [1.29, 1.82) is 0 Å². The van der Waals surface area contributed by atoms with Gasteiger partial charge in [-0.2, -0.15) is 5.10 Å². The van der Waals surface area contributed by atoms with Crippen LogP contribution in [-0.2, 0) is 22.5 Å². The molecule has 0 bridgehead atoms. The van der Waals surface area contributed by atoms with Crippen molar-refractivity contribution in [3.63, 3.8) is 0 Å². The van der Waals surface area contributed by atoms with Gasteiger partial charge in [0.2, 0.25) is 0 Å². The van der Waals surface area contributed by atoms with Crippen LogP contribution < -0.4 is 5.43 Å². The first-order valence-electron chi connectivity index (χ1n) is 6.80. The highest BCUT2D eigenvalue weighted by Gasteiger charge is 2.29.